The fraction of sp³-hybridized carbons (Fsp3) is 0.333. The largest absolute Gasteiger partial charge is 0.493 e. The predicted molar refractivity (Wildman–Crippen MR) is 141 cm³/mol. The van der Waals surface area contributed by atoms with Crippen molar-refractivity contribution in [3.63, 3.8) is 0 Å². The van der Waals surface area contributed by atoms with Crippen molar-refractivity contribution in [3.05, 3.63) is 59.9 Å². The van der Waals surface area contributed by atoms with Gasteiger partial charge in [-0.15, -0.1) is 0 Å². The van der Waals surface area contributed by atoms with Gasteiger partial charge >= 0.3 is 0 Å². The van der Waals surface area contributed by atoms with Crippen LogP contribution in [-0.4, -0.2) is 74.8 Å². The van der Waals surface area contributed by atoms with E-state index in [2.05, 4.69) is 32.2 Å². The number of rotatable bonds is 7. The summed E-state index contributed by atoms with van der Waals surface area (Å²) in [7, 11) is 1.69. The number of aromatic nitrogens is 4. The van der Waals surface area contributed by atoms with E-state index < -0.39 is 11.6 Å². The average Bonchev–Trinajstić information content (AvgIpc) is 3.30. The highest BCUT2D eigenvalue weighted by atomic mass is 19.1. The molecular formula is C27H29F2N7O2. The molecule has 2 aromatic carbocycles. The van der Waals surface area contributed by atoms with Crippen LogP contribution in [0.5, 0.6) is 5.75 Å². The van der Waals surface area contributed by atoms with Crippen molar-refractivity contribution in [1.29, 1.82) is 0 Å². The minimum Gasteiger partial charge on any atom is -0.493 e. The Morgan fingerprint density at radius 3 is 2.61 bits per heavy atom. The van der Waals surface area contributed by atoms with Crippen LogP contribution in [0.1, 0.15) is 24.2 Å². The molecule has 4 aromatic rings. The summed E-state index contributed by atoms with van der Waals surface area (Å²) in [4.78, 5) is 25.7. The van der Waals surface area contributed by atoms with E-state index in [0.717, 1.165) is 25.8 Å². The van der Waals surface area contributed by atoms with Gasteiger partial charge in [-0.3, -0.25) is 9.48 Å². The zero-order valence-corrected chi connectivity index (χ0v) is 21.5. The lowest BCUT2D eigenvalue weighted by molar-refractivity contribution is 0.0639. The number of likely N-dealkylation sites (N-methyl/N-ethyl adjacent to an activating group) is 1. The van der Waals surface area contributed by atoms with Gasteiger partial charge in [-0.05, 0) is 37.7 Å². The molecule has 0 unspecified atom stereocenters. The van der Waals surface area contributed by atoms with Crippen LogP contribution in [0, 0.1) is 11.6 Å². The van der Waals surface area contributed by atoms with Gasteiger partial charge in [0.25, 0.3) is 5.91 Å². The van der Waals surface area contributed by atoms with Gasteiger partial charge in [0, 0.05) is 62.1 Å². The highest BCUT2D eigenvalue weighted by molar-refractivity contribution is 5.97. The molecule has 1 amide bonds. The molecule has 3 heterocycles. The van der Waals surface area contributed by atoms with Gasteiger partial charge in [-0.1, -0.05) is 6.92 Å². The monoisotopic (exact) mass is 521 g/mol. The van der Waals surface area contributed by atoms with Gasteiger partial charge in [0.1, 0.15) is 17.0 Å². The number of amides is 1. The van der Waals surface area contributed by atoms with Crippen molar-refractivity contribution < 1.29 is 18.3 Å². The van der Waals surface area contributed by atoms with Crippen molar-refractivity contribution in [3.8, 4) is 17.0 Å². The molecule has 0 saturated carbocycles. The maximum atomic E-state index is 14.7. The molecule has 0 bridgehead atoms. The lowest BCUT2D eigenvalue weighted by Gasteiger charge is -2.34. The second-order valence-corrected chi connectivity index (χ2v) is 9.08. The van der Waals surface area contributed by atoms with Crippen molar-refractivity contribution in [1.82, 2.24) is 29.5 Å². The van der Waals surface area contributed by atoms with Gasteiger partial charge in [-0.2, -0.15) is 5.10 Å². The Balaban J connectivity index is 1.40. The third-order valence-corrected chi connectivity index (χ3v) is 6.57. The van der Waals surface area contributed by atoms with Crippen LogP contribution < -0.4 is 10.1 Å². The number of nitrogens with one attached hydrogen (secondary N) is 1. The SMILES string of the molecule is CCOc1cc(Nc2ncc(F)c(-c3cc(F)c4nn(C)cc4c3)n2)ccc1C(=O)N1CCN(CC)CC1. The van der Waals surface area contributed by atoms with Gasteiger partial charge in [0.05, 0.1) is 18.4 Å². The topological polar surface area (TPSA) is 88.4 Å². The number of hydrogen-bond donors (Lipinski definition) is 1. The van der Waals surface area contributed by atoms with Crippen LogP contribution in [0.4, 0.5) is 20.4 Å². The van der Waals surface area contributed by atoms with E-state index in [9.17, 15) is 13.6 Å². The van der Waals surface area contributed by atoms with E-state index in [-0.39, 0.29) is 28.6 Å². The molecule has 5 rings (SSSR count). The lowest BCUT2D eigenvalue weighted by Crippen LogP contribution is -2.48. The molecule has 0 aliphatic carbocycles. The third kappa shape index (κ3) is 5.14. The van der Waals surface area contributed by atoms with E-state index >= 15 is 0 Å². The number of nitrogens with zero attached hydrogens (tertiary/aromatic N) is 6. The number of halogens is 2. The molecular weight excluding hydrogens is 492 g/mol. The number of piperazine rings is 1. The van der Waals surface area contributed by atoms with Crippen molar-refractivity contribution >= 4 is 28.4 Å². The molecule has 0 spiro atoms. The van der Waals surface area contributed by atoms with Crippen molar-refractivity contribution in [2.24, 2.45) is 7.05 Å². The minimum absolute atomic E-state index is 0.0461. The fourth-order valence-electron chi connectivity index (χ4n) is 4.60. The molecule has 1 saturated heterocycles. The van der Waals surface area contributed by atoms with E-state index in [1.807, 2.05) is 11.8 Å². The Kier molecular flexibility index (Phi) is 7.19. The molecule has 0 radical (unpaired) electrons. The highest BCUT2D eigenvalue weighted by Crippen LogP contribution is 2.30. The van der Waals surface area contributed by atoms with Gasteiger partial charge in [-0.25, -0.2) is 18.7 Å². The maximum absolute atomic E-state index is 14.7. The number of aryl methyl sites for hydroxylation is 1. The van der Waals surface area contributed by atoms with Crippen LogP contribution in [0.15, 0.2) is 42.7 Å². The summed E-state index contributed by atoms with van der Waals surface area (Å²) in [5.74, 6) is -0.776. The summed E-state index contributed by atoms with van der Waals surface area (Å²) in [6.45, 7) is 8.32. The second-order valence-electron chi connectivity index (χ2n) is 9.08. The first-order valence-corrected chi connectivity index (χ1v) is 12.6. The standard InChI is InChI=1S/C27H29F2N7O2/c1-4-35-8-10-36(11-9-35)26(37)20-7-6-19(14-23(20)38-5-2)31-27-30-15-22(29)24(32-27)17-12-18-16-34(3)33-25(18)21(28)13-17/h6-7,12-16H,4-5,8-11H2,1-3H3,(H,30,31,32). The average molecular weight is 522 g/mol. The van der Waals surface area contributed by atoms with Crippen molar-refractivity contribution in [2.45, 2.75) is 13.8 Å². The molecule has 11 heteroatoms. The van der Waals surface area contributed by atoms with Crippen molar-refractivity contribution in [2.75, 3.05) is 44.6 Å². The lowest BCUT2D eigenvalue weighted by atomic mass is 10.1. The zero-order valence-electron chi connectivity index (χ0n) is 21.5. The molecule has 1 fully saturated rings. The van der Waals surface area contributed by atoms with Gasteiger partial charge in [0.2, 0.25) is 5.95 Å². The highest BCUT2D eigenvalue weighted by Gasteiger charge is 2.24. The Bertz CT molecular complexity index is 1480. The third-order valence-electron chi connectivity index (χ3n) is 6.57. The van der Waals surface area contributed by atoms with E-state index in [0.29, 0.717) is 42.1 Å². The van der Waals surface area contributed by atoms with Crippen LogP contribution in [0.3, 0.4) is 0 Å². The van der Waals surface area contributed by atoms with Crippen LogP contribution in [0.25, 0.3) is 22.2 Å². The molecule has 9 nitrogen and oxygen atoms in total. The summed E-state index contributed by atoms with van der Waals surface area (Å²) >= 11 is 0. The summed E-state index contributed by atoms with van der Waals surface area (Å²) in [5.41, 5.74) is 1.46. The smallest absolute Gasteiger partial charge is 0.257 e. The molecule has 38 heavy (non-hydrogen) atoms. The van der Waals surface area contributed by atoms with Crippen LogP contribution in [-0.2, 0) is 7.05 Å². The Morgan fingerprint density at radius 2 is 1.87 bits per heavy atom. The molecule has 1 aliphatic rings. The molecule has 1 N–H and O–H groups in total. The number of fused-ring (bicyclic) bond motifs is 1. The minimum atomic E-state index is -0.683. The Hall–Kier alpha value is -4.12. The first-order valence-electron chi connectivity index (χ1n) is 12.6. The molecule has 2 aromatic heterocycles. The number of benzene rings is 2. The second kappa shape index (κ2) is 10.7. The van der Waals surface area contributed by atoms with Crippen LogP contribution >= 0.6 is 0 Å². The summed E-state index contributed by atoms with van der Waals surface area (Å²) in [6, 6.07) is 7.98. The van der Waals surface area contributed by atoms with E-state index in [1.165, 1.54) is 10.7 Å². The maximum Gasteiger partial charge on any atom is 0.257 e. The number of carbonyl (C=O) groups excluding carboxylic acids is 1. The number of hydrogen-bond acceptors (Lipinski definition) is 7. The Labute approximate surface area is 219 Å². The first kappa shape index (κ1) is 25.5. The van der Waals surface area contributed by atoms with E-state index in [4.69, 9.17) is 4.74 Å². The first-order chi connectivity index (χ1) is 18.4. The number of carbonyl (C=O) groups is 1. The van der Waals surface area contributed by atoms with Gasteiger partial charge in [0.15, 0.2) is 11.6 Å². The summed E-state index contributed by atoms with van der Waals surface area (Å²) in [5, 5.41) is 7.66. The van der Waals surface area contributed by atoms with Crippen LogP contribution in [0.2, 0.25) is 0 Å². The molecule has 1 aliphatic heterocycles. The molecule has 0 atom stereocenters. The van der Waals surface area contributed by atoms with Gasteiger partial charge < -0.3 is 19.9 Å². The predicted octanol–water partition coefficient (Wildman–Crippen LogP) is 4.23. The number of ether oxygens (including phenoxy) is 1. The summed E-state index contributed by atoms with van der Waals surface area (Å²) in [6.07, 6.45) is 2.69. The normalized spacial score (nSPS) is 14.2. The zero-order chi connectivity index (χ0) is 26.8. The summed E-state index contributed by atoms with van der Waals surface area (Å²) < 4.78 is 36.6. The number of anilines is 2. The Morgan fingerprint density at radius 1 is 1.08 bits per heavy atom. The van der Waals surface area contributed by atoms with E-state index in [1.54, 1.807) is 37.5 Å². The quantitative estimate of drug-likeness (QED) is 0.389. The fourth-order valence-corrected chi connectivity index (χ4v) is 4.60. The molecule has 198 valence electrons.